The number of nitrogens with zero attached hydrogens (tertiary/aromatic N) is 1. The van der Waals surface area contributed by atoms with Crippen molar-refractivity contribution in [3.05, 3.63) is 0 Å². The normalized spacial score (nSPS) is 15.4. The van der Waals surface area contributed by atoms with Crippen molar-refractivity contribution in [3.8, 4) is 0 Å². The van der Waals surface area contributed by atoms with Gasteiger partial charge in [0.1, 0.15) is 28.6 Å². The third kappa shape index (κ3) is 18.9. The number of aliphatic hydroxyl groups is 1. The fraction of sp³-hybridized carbons (Fsp3) is 0.808. The van der Waals surface area contributed by atoms with Crippen molar-refractivity contribution >= 4 is 30.5 Å². The average Bonchev–Trinajstić information content (AvgIpc) is 2.65. The van der Waals surface area contributed by atoms with Crippen LogP contribution < -0.4 is 16.0 Å². The summed E-state index contributed by atoms with van der Waals surface area (Å²) in [6, 6.07) is 0. The lowest BCUT2D eigenvalue weighted by molar-refractivity contribution is -0.121. The topological polar surface area (TPSA) is 174 Å². The third-order valence-electron chi connectivity index (χ3n) is 4.06. The molecule has 2 atom stereocenters. The predicted octanol–water partition coefficient (Wildman–Crippen LogP) is 3.42. The number of hydrogen-bond donors (Lipinski definition) is 4. The first kappa shape index (κ1) is 36.1. The van der Waals surface area contributed by atoms with Crippen LogP contribution >= 0.6 is 0 Å². The number of amides is 3. The second kappa shape index (κ2) is 13.9. The SMILES string of the molecule is CC(C)(C)OC[C@](C=O)(C[C@@H](O)CN/C(=N\C(=O)OC(C)(C)C)NC(=O)OC(C)(C)C)NC(=O)OC(C)(C)C. The van der Waals surface area contributed by atoms with Crippen LogP contribution in [0.2, 0.25) is 0 Å². The summed E-state index contributed by atoms with van der Waals surface area (Å²) in [4.78, 5) is 53.0. The van der Waals surface area contributed by atoms with E-state index in [4.69, 9.17) is 18.9 Å². The molecule has 0 aliphatic heterocycles. The van der Waals surface area contributed by atoms with Gasteiger partial charge in [0.25, 0.3) is 0 Å². The van der Waals surface area contributed by atoms with Gasteiger partial charge in [-0.2, -0.15) is 0 Å². The first-order chi connectivity index (χ1) is 17.3. The summed E-state index contributed by atoms with van der Waals surface area (Å²) in [7, 11) is 0. The molecule has 0 saturated heterocycles. The molecule has 0 aliphatic carbocycles. The van der Waals surface area contributed by atoms with Gasteiger partial charge in [-0.3, -0.25) is 5.32 Å². The Balaban J connectivity index is 5.78. The van der Waals surface area contributed by atoms with Crippen LogP contribution in [0.3, 0.4) is 0 Å². The Kier molecular flexibility index (Phi) is 12.9. The van der Waals surface area contributed by atoms with E-state index in [2.05, 4.69) is 20.9 Å². The molecule has 39 heavy (non-hydrogen) atoms. The smallest absolute Gasteiger partial charge is 0.437 e. The second-order valence-electron chi connectivity index (χ2n) is 13.1. The number of nitrogens with one attached hydrogen (secondary N) is 3. The van der Waals surface area contributed by atoms with E-state index in [1.165, 1.54) is 0 Å². The monoisotopic (exact) mass is 560 g/mol. The van der Waals surface area contributed by atoms with Crippen LogP contribution in [0.1, 0.15) is 89.5 Å². The zero-order valence-corrected chi connectivity index (χ0v) is 25.4. The highest BCUT2D eigenvalue weighted by Crippen LogP contribution is 2.18. The van der Waals surface area contributed by atoms with Crippen molar-refractivity contribution in [2.45, 2.75) is 124 Å². The lowest BCUT2D eigenvalue weighted by atomic mass is 9.94. The molecule has 4 N–H and O–H groups in total. The average molecular weight is 561 g/mol. The molecule has 0 spiro atoms. The fourth-order valence-electron chi connectivity index (χ4n) is 2.70. The van der Waals surface area contributed by atoms with Crippen LogP contribution in [-0.2, 0) is 23.7 Å². The zero-order valence-electron chi connectivity index (χ0n) is 25.4. The number of carbonyl (C=O) groups is 4. The minimum absolute atomic E-state index is 0.259. The highest BCUT2D eigenvalue weighted by Gasteiger charge is 2.37. The first-order valence-corrected chi connectivity index (χ1v) is 12.7. The van der Waals surface area contributed by atoms with E-state index >= 15 is 0 Å². The number of aldehydes is 1. The summed E-state index contributed by atoms with van der Waals surface area (Å²) in [6.07, 6.45) is -3.89. The molecular formula is C26H48N4O9. The van der Waals surface area contributed by atoms with Gasteiger partial charge in [-0.05, 0) is 83.1 Å². The largest absolute Gasteiger partial charge is 0.444 e. The Bertz CT molecular complexity index is 878. The minimum atomic E-state index is -1.65. The molecule has 13 nitrogen and oxygen atoms in total. The Hall–Kier alpha value is -2.93. The van der Waals surface area contributed by atoms with Crippen molar-refractivity contribution in [2.75, 3.05) is 13.2 Å². The van der Waals surface area contributed by atoms with Crippen LogP contribution in [0, 0.1) is 0 Å². The Morgan fingerprint density at radius 1 is 0.795 bits per heavy atom. The molecule has 0 unspecified atom stereocenters. The van der Waals surface area contributed by atoms with Gasteiger partial charge in [0.15, 0.2) is 0 Å². The van der Waals surface area contributed by atoms with E-state index in [9.17, 15) is 24.3 Å². The van der Waals surface area contributed by atoms with Crippen LogP contribution in [0.5, 0.6) is 0 Å². The molecule has 0 fully saturated rings. The highest BCUT2D eigenvalue weighted by atomic mass is 16.6. The molecular weight excluding hydrogens is 512 g/mol. The van der Waals surface area contributed by atoms with E-state index in [-0.39, 0.29) is 25.5 Å². The fourth-order valence-corrected chi connectivity index (χ4v) is 2.70. The molecule has 0 radical (unpaired) electrons. The maximum absolute atomic E-state index is 12.5. The van der Waals surface area contributed by atoms with E-state index in [1.807, 2.05) is 0 Å². The molecule has 0 aliphatic rings. The number of aliphatic imine (C=N–C) groups is 1. The van der Waals surface area contributed by atoms with Gasteiger partial charge in [0.05, 0.1) is 18.3 Å². The lowest BCUT2D eigenvalue weighted by Crippen LogP contribution is -2.58. The van der Waals surface area contributed by atoms with E-state index in [0.717, 1.165) is 0 Å². The minimum Gasteiger partial charge on any atom is -0.444 e. The summed E-state index contributed by atoms with van der Waals surface area (Å²) >= 11 is 0. The number of guanidine groups is 1. The number of ether oxygens (including phenoxy) is 4. The summed E-state index contributed by atoms with van der Waals surface area (Å²) in [5, 5.41) is 18.3. The Morgan fingerprint density at radius 3 is 1.72 bits per heavy atom. The Morgan fingerprint density at radius 2 is 1.28 bits per heavy atom. The molecule has 0 heterocycles. The molecule has 0 aromatic rings. The number of rotatable bonds is 8. The maximum atomic E-state index is 12.5. The number of carbonyl (C=O) groups excluding carboxylic acids is 4. The summed E-state index contributed by atoms with van der Waals surface area (Å²) in [5.74, 6) is -0.347. The summed E-state index contributed by atoms with van der Waals surface area (Å²) in [5.41, 5.74) is -4.81. The Labute approximate surface area is 231 Å². The number of alkyl carbamates (subject to hydrolysis) is 2. The second-order valence-corrected chi connectivity index (χ2v) is 13.1. The lowest BCUT2D eigenvalue weighted by Gasteiger charge is -2.34. The van der Waals surface area contributed by atoms with Gasteiger partial charge in [-0.1, -0.05) is 0 Å². The van der Waals surface area contributed by atoms with Gasteiger partial charge in [-0.25, -0.2) is 14.4 Å². The molecule has 226 valence electrons. The van der Waals surface area contributed by atoms with Crippen molar-refractivity contribution in [3.63, 3.8) is 0 Å². The molecule has 0 bridgehead atoms. The highest BCUT2D eigenvalue weighted by molar-refractivity contribution is 5.98. The molecule has 0 saturated carbocycles. The number of hydrogen-bond acceptors (Lipinski definition) is 9. The predicted molar refractivity (Wildman–Crippen MR) is 146 cm³/mol. The summed E-state index contributed by atoms with van der Waals surface area (Å²) in [6.45, 7) is 19.7. The standard InChI is InChI=1S/C26H48N4O9/c1-22(2,3)36-16-26(15-31,30-21(35)39-25(10,11)12)13-17(32)14-27-18(28-19(33)37-23(4,5)6)29-20(34)38-24(7,8)9/h15,17,32H,13-14,16H2,1-12H3,(H,30,35)(H2,27,28,29,33,34)/t17-,26-/m1/s1. The van der Waals surface area contributed by atoms with Gasteiger partial charge in [0, 0.05) is 13.0 Å². The van der Waals surface area contributed by atoms with E-state index in [1.54, 1.807) is 83.1 Å². The van der Waals surface area contributed by atoms with Crippen LogP contribution in [-0.4, -0.2) is 82.8 Å². The third-order valence-corrected chi connectivity index (χ3v) is 4.06. The molecule has 3 amide bonds. The quantitative estimate of drug-likeness (QED) is 0.149. The van der Waals surface area contributed by atoms with E-state index in [0.29, 0.717) is 6.29 Å². The van der Waals surface area contributed by atoms with Crippen LogP contribution in [0.15, 0.2) is 4.99 Å². The molecule has 13 heteroatoms. The molecule has 0 rings (SSSR count). The van der Waals surface area contributed by atoms with Gasteiger partial charge >= 0.3 is 18.3 Å². The first-order valence-electron chi connectivity index (χ1n) is 12.7. The van der Waals surface area contributed by atoms with Crippen molar-refractivity contribution in [1.29, 1.82) is 0 Å². The zero-order chi connectivity index (χ0) is 30.9. The van der Waals surface area contributed by atoms with Crippen LogP contribution in [0.25, 0.3) is 0 Å². The number of aliphatic hydroxyl groups excluding tert-OH is 1. The van der Waals surface area contributed by atoms with Crippen molar-refractivity contribution < 1.29 is 43.2 Å². The molecule has 0 aromatic heterocycles. The van der Waals surface area contributed by atoms with Gasteiger partial charge < -0.3 is 39.5 Å². The summed E-state index contributed by atoms with van der Waals surface area (Å²) < 4.78 is 21.4. The molecule has 0 aromatic carbocycles. The van der Waals surface area contributed by atoms with E-state index < -0.39 is 52.3 Å². The van der Waals surface area contributed by atoms with Gasteiger partial charge in [0.2, 0.25) is 5.96 Å². The van der Waals surface area contributed by atoms with Crippen molar-refractivity contribution in [1.82, 2.24) is 16.0 Å². The van der Waals surface area contributed by atoms with Crippen LogP contribution in [0.4, 0.5) is 14.4 Å². The van der Waals surface area contributed by atoms with Gasteiger partial charge in [-0.15, -0.1) is 4.99 Å². The maximum Gasteiger partial charge on any atom is 0.437 e. The van der Waals surface area contributed by atoms with Crippen molar-refractivity contribution in [2.24, 2.45) is 4.99 Å².